The van der Waals surface area contributed by atoms with Crippen LogP contribution in [0, 0.1) is 11.8 Å². The molecule has 0 saturated heterocycles. The topological polar surface area (TPSA) is 0 Å². The van der Waals surface area contributed by atoms with E-state index < -0.39 is 48.3 Å². The molecule has 2 aliphatic rings. The van der Waals surface area contributed by atoms with Gasteiger partial charge in [0.05, 0.1) is 0 Å². The van der Waals surface area contributed by atoms with Crippen LogP contribution in [0.25, 0.3) is 0 Å². The maximum Gasteiger partial charge on any atom is 0.428 e. The van der Waals surface area contributed by atoms with Gasteiger partial charge in [0, 0.05) is 11.8 Å². The van der Waals surface area contributed by atoms with Gasteiger partial charge in [-0.25, -0.2) is 13.2 Å². The van der Waals surface area contributed by atoms with E-state index >= 15 is 0 Å². The highest BCUT2D eigenvalue weighted by atomic mass is 35.7. The van der Waals surface area contributed by atoms with Gasteiger partial charge in [0.15, 0.2) is 0 Å². The minimum absolute atomic E-state index is 0.314. The fourth-order valence-electron chi connectivity index (χ4n) is 3.29. The Balaban J connectivity index is 2.41. The maximum atomic E-state index is 13.9. The Morgan fingerprint density at radius 1 is 1.11 bits per heavy atom. The molecule has 2 bridgehead atoms. The van der Waals surface area contributed by atoms with Crippen molar-refractivity contribution in [3.8, 4) is 0 Å². The Hall–Kier alpha value is 0.377. The molecular weight excluding hydrogens is 321 g/mol. The van der Waals surface area contributed by atoms with Crippen LogP contribution in [0.3, 0.4) is 0 Å². The Kier molecular flexibility index (Phi) is 3.06. The van der Waals surface area contributed by atoms with Gasteiger partial charge in [-0.2, -0.15) is 13.2 Å². The van der Waals surface area contributed by atoms with Gasteiger partial charge in [-0.3, -0.25) is 0 Å². The number of alkyl halides is 6. The van der Waals surface area contributed by atoms with Gasteiger partial charge in [-0.15, -0.1) is 22.2 Å². The molecule has 2 rings (SSSR count). The van der Waals surface area contributed by atoms with Gasteiger partial charge in [0.2, 0.25) is 0 Å². The van der Waals surface area contributed by atoms with Crippen molar-refractivity contribution < 1.29 is 26.3 Å². The quantitative estimate of drug-likeness (QED) is 0.366. The van der Waals surface area contributed by atoms with Crippen molar-refractivity contribution in [2.24, 2.45) is 11.8 Å². The normalized spacial score (nSPS) is 43.5. The zero-order valence-corrected chi connectivity index (χ0v) is 11.7. The summed E-state index contributed by atoms with van der Waals surface area (Å²) in [4.78, 5) is 0. The summed E-state index contributed by atoms with van der Waals surface area (Å²) in [7, 11) is 0. The number of hydrogen-bond donors (Lipinski definition) is 0. The lowest BCUT2D eigenvalue weighted by Gasteiger charge is -2.42. The van der Waals surface area contributed by atoms with Crippen LogP contribution in [-0.4, -0.2) is 24.5 Å². The molecule has 2 saturated carbocycles. The van der Waals surface area contributed by atoms with E-state index in [2.05, 4.69) is 0 Å². The smallest absolute Gasteiger partial charge is 0.227 e. The van der Waals surface area contributed by atoms with Crippen molar-refractivity contribution in [3.63, 3.8) is 0 Å². The minimum Gasteiger partial charge on any atom is -0.227 e. The molecule has 106 valence electrons. The van der Waals surface area contributed by atoms with Crippen molar-refractivity contribution in [2.45, 2.75) is 42.7 Å². The van der Waals surface area contributed by atoms with Crippen LogP contribution >= 0.6 is 22.2 Å². The molecule has 0 aromatic rings. The van der Waals surface area contributed by atoms with Gasteiger partial charge < -0.3 is 0 Å². The molecule has 4 atom stereocenters. The minimum atomic E-state index is -5.57. The molecule has 18 heavy (non-hydrogen) atoms. The monoisotopic (exact) mass is 330 g/mol. The average molecular weight is 331 g/mol. The van der Waals surface area contributed by atoms with E-state index in [1.807, 2.05) is 0 Å². The molecule has 0 aromatic carbocycles. The van der Waals surface area contributed by atoms with Gasteiger partial charge in [0.1, 0.15) is 0 Å². The third kappa shape index (κ3) is 1.65. The number of fused-ring (bicyclic) bond motifs is 2. The van der Waals surface area contributed by atoms with Crippen LogP contribution in [0.15, 0.2) is 0 Å². The van der Waals surface area contributed by atoms with Crippen molar-refractivity contribution in [1.82, 2.24) is 0 Å². The lowest BCUT2D eigenvalue weighted by atomic mass is 9.81. The van der Waals surface area contributed by atoms with Crippen molar-refractivity contribution >= 4 is 28.9 Å². The van der Waals surface area contributed by atoms with E-state index in [1.165, 1.54) is 6.55 Å². The second kappa shape index (κ2) is 3.72. The summed E-state index contributed by atoms with van der Waals surface area (Å²) in [5.41, 5.74) is -5.33. The van der Waals surface area contributed by atoms with Crippen LogP contribution in [-0.2, 0) is 0 Å². The van der Waals surface area contributed by atoms with E-state index in [4.69, 9.17) is 22.2 Å². The molecule has 0 amide bonds. The molecule has 0 aliphatic heterocycles. The molecule has 0 heterocycles. The Bertz CT molecular complexity index is 365. The highest BCUT2D eigenvalue weighted by Gasteiger charge is 2.84. The molecule has 9 heteroatoms. The summed E-state index contributed by atoms with van der Waals surface area (Å²) in [5, 5.41) is 0. The number of halogens is 8. The number of rotatable bonds is 1. The first-order valence-electron chi connectivity index (χ1n) is 5.34. The predicted molar refractivity (Wildman–Crippen MR) is 58.1 cm³/mol. The SMILES string of the molecule is C[Si](Cl)(Cl)C1CC2CC1C(F)(F)C2(F)C(F)(F)F. The highest BCUT2D eigenvalue weighted by Crippen LogP contribution is 2.71. The van der Waals surface area contributed by atoms with Crippen LogP contribution < -0.4 is 0 Å². The fraction of sp³-hybridized carbons (Fsp3) is 1.00. The summed E-state index contributed by atoms with van der Waals surface area (Å²) >= 11 is 11.7. The standard InChI is InChI=1S/C9H10Cl2F6Si/c1-18(10,11)6-3-4-2-5(6)8(13,14)7(4,12)9(15,16)17/h4-6H,2-3H2,1H3. The third-order valence-corrected chi connectivity index (χ3v) is 7.76. The molecule has 0 radical (unpaired) electrons. The molecule has 2 fully saturated rings. The second-order valence-corrected chi connectivity index (χ2v) is 13.1. The summed E-state index contributed by atoms with van der Waals surface area (Å²) in [6, 6.07) is 0. The number of hydrogen-bond acceptors (Lipinski definition) is 0. The maximum absolute atomic E-state index is 13.9. The lowest BCUT2D eigenvalue weighted by Crippen LogP contribution is -2.60. The Labute approximate surface area is 110 Å². The zero-order valence-electron chi connectivity index (χ0n) is 9.17. The van der Waals surface area contributed by atoms with Gasteiger partial charge in [-0.05, 0) is 24.9 Å². The van der Waals surface area contributed by atoms with Gasteiger partial charge in [-0.1, -0.05) is 0 Å². The third-order valence-electron chi connectivity index (χ3n) is 4.14. The highest BCUT2D eigenvalue weighted by molar-refractivity contribution is 7.45. The molecule has 0 nitrogen and oxygen atoms in total. The van der Waals surface area contributed by atoms with E-state index in [1.54, 1.807) is 0 Å². The summed E-state index contributed by atoms with van der Waals surface area (Å²) in [6.07, 6.45) is -6.39. The van der Waals surface area contributed by atoms with E-state index in [9.17, 15) is 26.3 Å². The van der Waals surface area contributed by atoms with E-state index in [0.717, 1.165) is 0 Å². The Morgan fingerprint density at radius 2 is 1.61 bits per heavy atom. The molecule has 0 N–H and O–H groups in total. The van der Waals surface area contributed by atoms with Crippen LogP contribution in [0.5, 0.6) is 0 Å². The van der Waals surface area contributed by atoms with Crippen LogP contribution in [0.4, 0.5) is 26.3 Å². The Morgan fingerprint density at radius 3 is 1.94 bits per heavy atom. The second-order valence-electron chi connectivity index (χ2n) is 5.17. The molecule has 0 aromatic heterocycles. The van der Waals surface area contributed by atoms with Crippen molar-refractivity contribution in [3.05, 3.63) is 0 Å². The predicted octanol–water partition coefficient (Wildman–Crippen LogP) is 4.85. The first-order chi connectivity index (χ1) is 7.83. The first kappa shape index (κ1) is 14.8. The van der Waals surface area contributed by atoms with Crippen molar-refractivity contribution in [1.29, 1.82) is 0 Å². The largest absolute Gasteiger partial charge is 0.428 e. The van der Waals surface area contributed by atoms with E-state index in [0.29, 0.717) is 0 Å². The fourth-order valence-corrected chi connectivity index (χ4v) is 6.48. The summed E-state index contributed by atoms with van der Waals surface area (Å²) in [5.74, 6) is -7.90. The zero-order chi connectivity index (χ0) is 14.1. The summed E-state index contributed by atoms with van der Waals surface area (Å²) in [6.45, 7) is -1.68. The molecular formula is C9H10Cl2F6Si. The van der Waals surface area contributed by atoms with Gasteiger partial charge in [0.25, 0.3) is 18.3 Å². The molecule has 2 aliphatic carbocycles. The van der Waals surface area contributed by atoms with Crippen LogP contribution in [0.2, 0.25) is 12.1 Å². The molecule has 4 unspecified atom stereocenters. The van der Waals surface area contributed by atoms with Crippen LogP contribution in [0.1, 0.15) is 12.8 Å². The molecule has 0 spiro atoms. The summed E-state index contributed by atoms with van der Waals surface area (Å²) < 4.78 is 79.3. The van der Waals surface area contributed by atoms with Crippen molar-refractivity contribution in [2.75, 3.05) is 0 Å². The first-order valence-corrected chi connectivity index (χ1v) is 9.95. The lowest BCUT2D eigenvalue weighted by molar-refractivity contribution is -0.317. The average Bonchev–Trinajstić information content (AvgIpc) is 2.63. The van der Waals surface area contributed by atoms with Gasteiger partial charge >= 0.3 is 6.18 Å². The van der Waals surface area contributed by atoms with E-state index in [-0.39, 0.29) is 6.42 Å².